The van der Waals surface area contributed by atoms with Crippen LogP contribution in [0.3, 0.4) is 0 Å². The number of aromatic amines is 1. The number of carbonyl (C=O) groups is 1. The van der Waals surface area contributed by atoms with Gasteiger partial charge in [0.15, 0.2) is 0 Å². The molecule has 0 aliphatic heterocycles. The lowest BCUT2D eigenvalue weighted by Crippen LogP contribution is -2.14. The van der Waals surface area contributed by atoms with Gasteiger partial charge >= 0.3 is 0 Å². The smallest absolute Gasteiger partial charge is 0.228 e. The molecule has 0 radical (unpaired) electrons. The number of fused-ring (bicyclic) bond motifs is 3. The number of carbonyl (C=O) groups excluding carboxylic acids is 1. The van der Waals surface area contributed by atoms with Crippen LogP contribution in [-0.4, -0.2) is 16.0 Å². The number of hydrogen-bond acceptors (Lipinski definition) is 2. The first-order valence-electron chi connectivity index (χ1n) is 7.87. The quantitative estimate of drug-likeness (QED) is 0.488. The molecule has 0 fully saturated rings. The lowest BCUT2D eigenvalue weighted by molar-refractivity contribution is -0.115. The van der Waals surface area contributed by atoms with Crippen LogP contribution in [0.25, 0.3) is 21.8 Å². The summed E-state index contributed by atoms with van der Waals surface area (Å²) >= 11 is 0. The van der Waals surface area contributed by atoms with E-state index >= 15 is 0 Å². The molecule has 4 rings (SSSR count). The van der Waals surface area contributed by atoms with Crippen molar-refractivity contribution in [2.24, 2.45) is 0 Å². The zero-order chi connectivity index (χ0) is 17.4. The van der Waals surface area contributed by atoms with Crippen molar-refractivity contribution in [3.63, 3.8) is 0 Å². The molecule has 1 heterocycles. The molecule has 4 aromatic rings. The second-order valence-electron chi connectivity index (χ2n) is 5.97. The molecule has 0 aliphatic rings. The SMILES string of the molecule is O=C(Cc1ccc2c(c1)[nH]c1cc(F)ccc12)Nc1ccc(O)cc1. The van der Waals surface area contributed by atoms with Crippen LogP contribution >= 0.6 is 0 Å². The van der Waals surface area contributed by atoms with Gasteiger partial charge in [-0.1, -0.05) is 12.1 Å². The molecule has 4 nitrogen and oxygen atoms in total. The van der Waals surface area contributed by atoms with E-state index in [-0.39, 0.29) is 23.9 Å². The van der Waals surface area contributed by atoms with Crippen molar-refractivity contribution >= 4 is 33.4 Å². The highest BCUT2D eigenvalue weighted by Crippen LogP contribution is 2.27. The summed E-state index contributed by atoms with van der Waals surface area (Å²) in [5.74, 6) is -0.279. The minimum Gasteiger partial charge on any atom is -0.508 e. The van der Waals surface area contributed by atoms with Crippen molar-refractivity contribution in [3.8, 4) is 5.75 Å². The molecular weight excluding hydrogens is 319 g/mol. The predicted molar refractivity (Wildman–Crippen MR) is 96.2 cm³/mol. The molecule has 124 valence electrons. The van der Waals surface area contributed by atoms with E-state index in [0.29, 0.717) is 5.69 Å². The second-order valence-corrected chi connectivity index (χ2v) is 5.97. The Morgan fingerprint density at radius 1 is 0.960 bits per heavy atom. The molecule has 3 aromatic carbocycles. The van der Waals surface area contributed by atoms with Crippen LogP contribution in [-0.2, 0) is 11.2 Å². The molecule has 0 atom stereocenters. The van der Waals surface area contributed by atoms with E-state index in [1.807, 2.05) is 18.2 Å². The highest BCUT2D eigenvalue weighted by molar-refractivity contribution is 6.07. The average molecular weight is 334 g/mol. The number of anilines is 1. The van der Waals surface area contributed by atoms with Gasteiger partial charge in [0, 0.05) is 27.5 Å². The lowest BCUT2D eigenvalue weighted by atomic mass is 10.1. The first-order valence-corrected chi connectivity index (χ1v) is 7.87. The fraction of sp³-hybridized carbons (Fsp3) is 0.0500. The fourth-order valence-corrected chi connectivity index (χ4v) is 2.97. The third-order valence-corrected chi connectivity index (χ3v) is 4.14. The number of benzene rings is 3. The third-order valence-electron chi connectivity index (χ3n) is 4.14. The predicted octanol–water partition coefficient (Wildman–Crippen LogP) is 4.35. The van der Waals surface area contributed by atoms with Gasteiger partial charge in [-0.15, -0.1) is 0 Å². The lowest BCUT2D eigenvalue weighted by Gasteiger charge is -2.05. The third kappa shape index (κ3) is 3.04. The van der Waals surface area contributed by atoms with Crippen LogP contribution in [0, 0.1) is 5.82 Å². The van der Waals surface area contributed by atoms with E-state index in [1.165, 1.54) is 24.3 Å². The van der Waals surface area contributed by atoms with Crippen molar-refractivity contribution < 1.29 is 14.3 Å². The maximum atomic E-state index is 13.4. The van der Waals surface area contributed by atoms with Crippen molar-refractivity contribution in [2.45, 2.75) is 6.42 Å². The Labute approximate surface area is 142 Å². The maximum Gasteiger partial charge on any atom is 0.228 e. The molecule has 1 amide bonds. The van der Waals surface area contributed by atoms with Crippen molar-refractivity contribution in [1.82, 2.24) is 4.98 Å². The second kappa shape index (κ2) is 5.94. The van der Waals surface area contributed by atoms with E-state index in [4.69, 9.17) is 0 Å². The summed E-state index contributed by atoms with van der Waals surface area (Å²) < 4.78 is 13.4. The number of aromatic nitrogens is 1. The summed E-state index contributed by atoms with van der Waals surface area (Å²) in [6.45, 7) is 0. The monoisotopic (exact) mass is 334 g/mol. The summed E-state index contributed by atoms with van der Waals surface area (Å²) in [6, 6.07) is 16.7. The van der Waals surface area contributed by atoms with Gasteiger partial charge in [0.25, 0.3) is 0 Å². The van der Waals surface area contributed by atoms with Crippen LogP contribution in [0.15, 0.2) is 60.7 Å². The summed E-state index contributed by atoms with van der Waals surface area (Å²) in [6.07, 6.45) is 0.223. The number of amides is 1. The van der Waals surface area contributed by atoms with Gasteiger partial charge in [-0.05, 0) is 54.1 Å². The Morgan fingerprint density at radius 3 is 2.40 bits per heavy atom. The number of H-pyrrole nitrogens is 1. The van der Waals surface area contributed by atoms with Gasteiger partial charge in [-0.3, -0.25) is 4.79 Å². The first kappa shape index (κ1) is 15.2. The molecule has 1 aromatic heterocycles. The van der Waals surface area contributed by atoms with Crippen LogP contribution in [0.2, 0.25) is 0 Å². The van der Waals surface area contributed by atoms with Gasteiger partial charge in [-0.2, -0.15) is 0 Å². The number of phenols is 1. The van der Waals surface area contributed by atoms with E-state index in [1.54, 1.807) is 18.2 Å². The standard InChI is InChI=1S/C20H15FN2O2/c21-13-2-8-17-16-7-1-12(9-18(16)23-19(17)11-13)10-20(25)22-14-3-5-15(24)6-4-14/h1-9,11,23-24H,10H2,(H,22,25). The topological polar surface area (TPSA) is 65.1 Å². The van der Waals surface area contributed by atoms with Gasteiger partial charge in [-0.25, -0.2) is 4.39 Å². The molecule has 0 saturated heterocycles. The summed E-state index contributed by atoms with van der Waals surface area (Å²) in [5.41, 5.74) is 3.09. The van der Waals surface area contributed by atoms with Crippen LogP contribution < -0.4 is 5.32 Å². The van der Waals surface area contributed by atoms with Crippen LogP contribution in [0.1, 0.15) is 5.56 Å². The Morgan fingerprint density at radius 2 is 1.64 bits per heavy atom. The Hall–Kier alpha value is -3.34. The summed E-state index contributed by atoms with van der Waals surface area (Å²) in [5, 5.41) is 14.0. The fourth-order valence-electron chi connectivity index (χ4n) is 2.97. The van der Waals surface area contributed by atoms with Crippen LogP contribution in [0.4, 0.5) is 10.1 Å². The molecule has 3 N–H and O–H groups in total. The van der Waals surface area contributed by atoms with Crippen molar-refractivity contribution in [2.75, 3.05) is 5.32 Å². The van der Waals surface area contributed by atoms with E-state index in [2.05, 4.69) is 10.3 Å². The molecular formula is C20H15FN2O2. The molecule has 0 saturated carbocycles. The normalized spacial score (nSPS) is 11.1. The molecule has 5 heteroatoms. The molecule has 0 bridgehead atoms. The van der Waals surface area contributed by atoms with E-state index in [0.717, 1.165) is 27.4 Å². The first-order chi connectivity index (χ1) is 12.1. The Balaban J connectivity index is 1.57. The van der Waals surface area contributed by atoms with Gasteiger partial charge in [0.1, 0.15) is 11.6 Å². The van der Waals surface area contributed by atoms with Gasteiger partial charge < -0.3 is 15.4 Å². The molecule has 0 aliphatic carbocycles. The minimum absolute atomic E-state index is 0.146. The highest BCUT2D eigenvalue weighted by atomic mass is 19.1. The average Bonchev–Trinajstić information content (AvgIpc) is 2.93. The number of halogens is 1. The largest absolute Gasteiger partial charge is 0.508 e. The number of nitrogens with one attached hydrogen (secondary N) is 2. The zero-order valence-corrected chi connectivity index (χ0v) is 13.2. The minimum atomic E-state index is -0.285. The summed E-state index contributed by atoms with van der Waals surface area (Å²) in [4.78, 5) is 15.4. The molecule has 0 unspecified atom stereocenters. The number of aromatic hydroxyl groups is 1. The zero-order valence-electron chi connectivity index (χ0n) is 13.2. The maximum absolute atomic E-state index is 13.4. The highest BCUT2D eigenvalue weighted by Gasteiger charge is 2.09. The molecule has 25 heavy (non-hydrogen) atoms. The molecule has 0 spiro atoms. The Bertz CT molecular complexity index is 1080. The Kier molecular flexibility index (Phi) is 3.61. The number of phenolic OH excluding ortho intramolecular Hbond substituents is 1. The van der Waals surface area contributed by atoms with Gasteiger partial charge in [0.05, 0.1) is 6.42 Å². The summed E-state index contributed by atoms with van der Waals surface area (Å²) in [7, 11) is 0. The van der Waals surface area contributed by atoms with E-state index in [9.17, 15) is 14.3 Å². The van der Waals surface area contributed by atoms with Crippen molar-refractivity contribution in [1.29, 1.82) is 0 Å². The van der Waals surface area contributed by atoms with Gasteiger partial charge in [0.2, 0.25) is 5.91 Å². The van der Waals surface area contributed by atoms with Crippen LogP contribution in [0.5, 0.6) is 5.75 Å². The number of rotatable bonds is 3. The number of hydrogen-bond donors (Lipinski definition) is 3. The van der Waals surface area contributed by atoms with E-state index < -0.39 is 0 Å². The van der Waals surface area contributed by atoms with Crippen molar-refractivity contribution in [3.05, 3.63) is 72.0 Å².